The topological polar surface area (TPSA) is 82.0 Å². The van der Waals surface area contributed by atoms with Gasteiger partial charge in [0, 0.05) is 29.2 Å². The van der Waals surface area contributed by atoms with E-state index in [0.717, 1.165) is 0 Å². The number of nitrogens with one attached hydrogen (secondary N) is 2. The summed E-state index contributed by atoms with van der Waals surface area (Å²) in [6.45, 7) is 2.27. The Kier molecular flexibility index (Phi) is 5.94. The number of benzene rings is 2. The molecule has 0 bridgehead atoms. The maximum atomic E-state index is 12.0. The summed E-state index contributed by atoms with van der Waals surface area (Å²) in [5.74, 6) is -0.273. The van der Waals surface area contributed by atoms with Gasteiger partial charge in [-0.3, -0.25) is 9.59 Å². The van der Waals surface area contributed by atoms with Gasteiger partial charge in [-0.15, -0.1) is 0 Å². The summed E-state index contributed by atoms with van der Waals surface area (Å²) in [6.07, 6.45) is 0. The second-order valence-corrected chi connectivity index (χ2v) is 5.55. The zero-order valence-corrected chi connectivity index (χ0v) is 13.9. The molecule has 0 spiro atoms. The highest BCUT2D eigenvalue weighted by molar-refractivity contribution is 6.30. The van der Waals surface area contributed by atoms with Gasteiger partial charge in [-0.1, -0.05) is 11.6 Å². The van der Waals surface area contributed by atoms with Crippen molar-refractivity contribution in [1.29, 1.82) is 5.26 Å². The Hall–Kier alpha value is -2.84. The lowest BCUT2D eigenvalue weighted by Crippen LogP contribution is -2.28. The molecule has 2 N–H and O–H groups in total. The smallest absolute Gasteiger partial charge is 0.251 e. The fourth-order valence-electron chi connectivity index (χ4n) is 2.08. The predicted molar refractivity (Wildman–Crippen MR) is 93.4 cm³/mol. The molecule has 0 radical (unpaired) electrons. The summed E-state index contributed by atoms with van der Waals surface area (Å²) in [7, 11) is 0. The van der Waals surface area contributed by atoms with Crippen LogP contribution in [0.3, 0.4) is 0 Å². The van der Waals surface area contributed by atoms with Crippen molar-refractivity contribution in [3.63, 3.8) is 0 Å². The maximum absolute atomic E-state index is 12.0. The quantitative estimate of drug-likeness (QED) is 0.624. The number of hydrogen-bond acceptors (Lipinski definition) is 4. The highest BCUT2D eigenvalue weighted by Crippen LogP contribution is 2.17. The van der Waals surface area contributed by atoms with E-state index in [1.165, 1.54) is 6.92 Å². The van der Waals surface area contributed by atoms with Crippen molar-refractivity contribution in [2.24, 2.45) is 0 Å². The van der Waals surface area contributed by atoms with Crippen LogP contribution in [0.4, 0.5) is 5.69 Å². The Balaban J connectivity index is 1.91. The van der Waals surface area contributed by atoms with Gasteiger partial charge in [-0.25, -0.2) is 0 Å². The molecule has 1 amide bonds. The number of carbonyl (C=O) groups excluding carboxylic acids is 2. The molecule has 122 valence electrons. The number of nitrogens with zero attached hydrogens (tertiary/aromatic N) is 1. The molecule has 0 heterocycles. The lowest BCUT2D eigenvalue weighted by atomic mass is 10.1. The van der Waals surface area contributed by atoms with Crippen LogP contribution in [-0.4, -0.2) is 24.8 Å². The third-order valence-electron chi connectivity index (χ3n) is 3.38. The Morgan fingerprint density at radius 3 is 2.38 bits per heavy atom. The molecule has 0 aliphatic carbocycles. The first-order chi connectivity index (χ1) is 11.5. The lowest BCUT2D eigenvalue weighted by Gasteiger charge is -2.10. The van der Waals surface area contributed by atoms with Crippen molar-refractivity contribution in [3.8, 4) is 6.07 Å². The lowest BCUT2D eigenvalue weighted by molar-refractivity contribution is 0.0954. The molecule has 0 unspecified atom stereocenters. The van der Waals surface area contributed by atoms with Crippen LogP contribution in [0.5, 0.6) is 0 Å². The third-order valence-corrected chi connectivity index (χ3v) is 3.63. The SMILES string of the molecule is CC(=O)c1ccc(C#N)c(NCCNC(=O)c2ccc(Cl)cc2)c1. The number of ketones is 1. The van der Waals surface area contributed by atoms with Crippen LogP contribution < -0.4 is 10.6 Å². The largest absolute Gasteiger partial charge is 0.382 e. The summed E-state index contributed by atoms with van der Waals surface area (Å²) < 4.78 is 0. The van der Waals surface area contributed by atoms with Crippen LogP contribution in [0.2, 0.25) is 5.02 Å². The van der Waals surface area contributed by atoms with E-state index in [1.807, 2.05) is 0 Å². The van der Waals surface area contributed by atoms with Crippen molar-refractivity contribution >= 4 is 29.0 Å². The fourth-order valence-corrected chi connectivity index (χ4v) is 2.21. The molecule has 6 heteroatoms. The Labute approximate surface area is 145 Å². The van der Waals surface area contributed by atoms with E-state index in [9.17, 15) is 9.59 Å². The molecule has 0 saturated heterocycles. The first-order valence-electron chi connectivity index (χ1n) is 7.34. The van der Waals surface area contributed by atoms with Gasteiger partial charge >= 0.3 is 0 Å². The molecule has 0 fully saturated rings. The number of hydrogen-bond donors (Lipinski definition) is 2. The molecule has 0 atom stereocenters. The monoisotopic (exact) mass is 341 g/mol. The number of rotatable bonds is 6. The van der Waals surface area contributed by atoms with E-state index in [0.29, 0.717) is 40.5 Å². The minimum absolute atomic E-state index is 0.0708. The molecule has 0 aliphatic heterocycles. The van der Waals surface area contributed by atoms with E-state index >= 15 is 0 Å². The number of halogens is 1. The molecule has 5 nitrogen and oxygen atoms in total. The van der Waals surface area contributed by atoms with E-state index in [2.05, 4.69) is 16.7 Å². The van der Waals surface area contributed by atoms with E-state index in [4.69, 9.17) is 16.9 Å². The highest BCUT2D eigenvalue weighted by Gasteiger charge is 2.07. The van der Waals surface area contributed by atoms with Gasteiger partial charge in [0.2, 0.25) is 0 Å². The number of amides is 1. The molecule has 24 heavy (non-hydrogen) atoms. The van der Waals surface area contributed by atoms with E-state index in [-0.39, 0.29) is 11.7 Å². The van der Waals surface area contributed by atoms with Crippen LogP contribution in [0.25, 0.3) is 0 Å². The number of nitriles is 1. The Morgan fingerprint density at radius 1 is 1.08 bits per heavy atom. The van der Waals surface area contributed by atoms with Gasteiger partial charge in [0.15, 0.2) is 5.78 Å². The molecule has 0 aliphatic rings. The molecule has 2 aromatic rings. The van der Waals surface area contributed by atoms with Gasteiger partial charge in [0.05, 0.1) is 11.3 Å². The van der Waals surface area contributed by atoms with Gasteiger partial charge in [0.25, 0.3) is 5.91 Å². The van der Waals surface area contributed by atoms with Crippen LogP contribution >= 0.6 is 11.6 Å². The number of Topliss-reactive ketones (excluding diaryl/α,β-unsaturated/α-hetero) is 1. The Morgan fingerprint density at radius 2 is 1.75 bits per heavy atom. The van der Waals surface area contributed by atoms with Crippen LogP contribution in [-0.2, 0) is 0 Å². The zero-order valence-electron chi connectivity index (χ0n) is 13.1. The van der Waals surface area contributed by atoms with Gasteiger partial charge in [-0.2, -0.15) is 5.26 Å². The van der Waals surface area contributed by atoms with Crippen LogP contribution in [0.15, 0.2) is 42.5 Å². The van der Waals surface area contributed by atoms with Crippen molar-refractivity contribution in [1.82, 2.24) is 5.32 Å². The van der Waals surface area contributed by atoms with Crippen molar-refractivity contribution in [3.05, 3.63) is 64.2 Å². The van der Waals surface area contributed by atoms with Gasteiger partial charge < -0.3 is 10.6 Å². The first kappa shape index (κ1) is 17.5. The molecule has 0 saturated carbocycles. The summed E-state index contributed by atoms with van der Waals surface area (Å²) in [4.78, 5) is 23.4. The Bertz CT molecular complexity index is 795. The molecule has 0 aromatic heterocycles. The van der Waals surface area contributed by atoms with Crippen molar-refractivity contribution in [2.45, 2.75) is 6.92 Å². The van der Waals surface area contributed by atoms with Crippen molar-refractivity contribution < 1.29 is 9.59 Å². The highest BCUT2D eigenvalue weighted by atomic mass is 35.5. The summed E-state index contributed by atoms with van der Waals surface area (Å²) in [5.41, 5.74) is 2.08. The average molecular weight is 342 g/mol. The molecular formula is C18H16ClN3O2. The van der Waals surface area contributed by atoms with Crippen molar-refractivity contribution in [2.75, 3.05) is 18.4 Å². The standard InChI is InChI=1S/C18H16ClN3O2/c1-12(23)14-2-3-15(11-20)17(10-14)21-8-9-22-18(24)13-4-6-16(19)7-5-13/h2-7,10,21H,8-9H2,1H3,(H,22,24). The van der Waals surface area contributed by atoms with Crippen LogP contribution in [0.1, 0.15) is 33.2 Å². The zero-order chi connectivity index (χ0) is 17.5. The molecule has 2 rings (SSSR count). The summed E-state index contributed by atoms with van der Waals surface area (Å²) in [6, 6.07) is 13.5. The fraction of sp³-hybridized carbons (Fsp3) is 0.167. The van der Waals surface area contributed by atoms with E-state index < -0.39 is 0 Å². The number of anilines is 1. The minimum Gasteiger partial charge on any atom is -0.382 e. The van der Waals surface area contributed by atoms with Gasteiger partial charge in [0.1, 0.15) is 6.07 Å². The second-order valence-electron chi connectivity index (χ2n) is 5.12. The van der Waals surface area contributed by atoms with Gasteiger partial charge in [-0.05, 0) is 49.4 Å². The normalized spacial score (nSPS) is 9.88. The first-order valence-corrected chi connectivity index (χ1v) is 7.72. The minimum atomic E-state index is -0.202. The number of carbonyl (C=O) groups is 2. The predicted octanol–water partition coefficient (Wildman–Crippen LogP) is 3.26. The van der Waals surface area contributed by atoms with E-state index in [1.54, 1.807) is 42.5 Å². The maximum Gasteiger partial charge on any atom is 0.251 e. The average Bonchev–Trinajstić information content (AvgIpc) is 2.58. The summed E-state index contributed by atoms with van der Waals surface area (Å²) in [5, 5.41) is 15.5. The molecular weight excluding hydrogens is 326 g/mol. The second kappa shape index (κ2) is 8.14. The summed E-state index contributed by atoms with van der Waals surface area (Å²) >= 11 is 5.78. The molecule has 2 aromatic carbocycles. The third kappa shape index (κ3) is 4.58. The van der Waals surface area contributed by atoms with Crippen LogP contribution in [0, 0.1) is 11.3 Å².